The number of methoxy groups -OCH3 is 1. The Labute approximate surface area is 117 Å². The molecule has 0 saturated heterocycles. The summed E-state index contributed by atoms with van der Waals surface area (Å²) in [5.74, 6) is 1.05. The van der Waals surface area contributed by atoms with E-state index in [0.717, 1.165) is 11.3 Å². The number of nitrogens with one attached hydrogen (secondary N) is 1. The fourth-order valence-corrected chi connectivity index (χ4v) is 1.64. The van der Waals surface area contributed by atoms with Crippen molar-refractivity contribution < 1.29 is 14.3 Å². The highest BCUT2D eigenvalue weighted by atomic mass is 16.5. The predicted octanol–water partition coefficient (Wildman–Crippen LogP) is 2.25. The van der Waals surface area contributed by atoms with Crippen LogP contribution in [0.1, 0.15) is 5.56 Å². The van der Waals surface area contributed by atoms with E-state index < -0.39 is 0 Å². The third kappa shape index (κ3) is 4.37. The second kappa shape index (κ2) is 7.25. The van der Waals surface area contributed by atoms with Crippen LogP contribution in [0.25, 0.3) is 0 Å². The van der Waals surface area contributed by atoms with Crippen molar-refractivity contribution in [3.8, 4) is 5.75 Å². The Hall–Kier alpha value is -2.40. The second-order valence-corrected chi connectivity index (χ2v) is 4.11. The van der Waals surface area contributed by atoms with Crippen LogP contribution in [-0.2, 0) is 16.1 Å². The molecule has 0 saturated carbocycles. The topological polar surface area (TPSA) is 60.5 Å². The number of benzene rings is 1. The zero-order valence-electron chi connectivity index (χ0n) is 11.2. The summed E-state index contributed by atoms with van der Waals surface area (Å²) in [6.07, 6.45) is 1.62. The summed E-state index contributed by atoms with van der Waals surface area (Å²) in [5.41, 5.74) is 0.954. The first-order valence-corrected chi connectivity index (χ1v) is 6.19. The van der Waals surface area contributed by atoms with E-state index in [1.54, 1.807) is 31.5 Å². The van der Waals surface area contributed by atoms with Gasteiger partial charge in [0.25, 0.3) is 5.91 Å². The van der Waals surface area contributed by atoms with Gasteiger partial charge < -0.3 is 14.8 Å². The van der Waals surface area contributed by atoms with Gasteiger partial charge in [-0.15, -0.1) is 0 Å². The summed E-state index contributed by atoms with van der Waals surface area (Å²) in [6, 6.07) is 12.8. The van der Waals surface area contributed by atoms with Crippen molar-refractivity contribution >= 4 is 11.7 Å². The van der Waals surface area contributed by atoms with E-state index in [-0.39, 0.29) is 12.5 Å². The van der Waals surface area contributed by atoms with E-state index in [2.05, 4.69) is 10.3 Å². The lowest BCUT2D eigenvalue weighted by Gasteiger charge is -2.06. The van der Waals surface area contributed by atoms with Crippen LogP contribution in [0.4, 0.5) is 5.82 Å². The molecule has 1 amide bonds. The van der Waals surface area contributed by atoms with Crippen molar-refractivity contribution in [3.63, 3.8) is 0 Å². The fraction of sp³-hybridized carbons (Fsp3) is 0.200. The highest BCUT2D eigenvalue weighted by molar-refractivity contribution is 5.90. The molecule has 0 unspecified atom stereocenters. The first-order chi connectivity index (χ1) is 9.78. The number of pyridine rings is 1. The van der Waals surface area contributed by atoms with Crippen molar-refractivity contribution in [3.05, 3.63) is 54.2 Å². The molecular weight excluding hydrogens is 256 g/mol. The van der Waals surface area contributed by atoms with Gasteiger partial charge in [0.05, 0.1) is 13.7 Å². The molecule has 0 bridgehead atoms. The van der Waals surface area contributed by atoms with Gasteiger partial charge in [0.1, 0.15) is 18.2 Å². The van der Waals surface area contributed by atoms with Gasteiger partial charge in [0.2, 0.25) is 0 Å². The van der Waals surface area contributed by atoms with Crippen LogP contribution in [0.5, 0.6) is 5.75 Å². The van der Waals surface area contributed by atoms with Crippen LogP contribution >= 0.6 is 0 Å². The van der Waals surface area contributed by atoms with Gasteiger partial charge in [-0.1, -0.05) is 18.2 Å². The molecule has 1 heterocycles. The summed E-state index contributed by atoms with van der Waals surface area (Å²) in [6.45, 7) is 0.334. The molecule has 20 heavy (non-hydrogen) atoms. The van der Waals surface area contributed by atoms with Gasteiger partial charge in [0.15, 0.2) is 0 Å². The maximum atomic E-state index is 11.6. The van der Waals surface area contributed by atoms with Crippen LogP contribution in [0, 0.1) is 0 Å². The lowest BCUT2D eigenvalue weighted by Crippen LogP contribution is -2.18. The smallest absolute Gasteiger partial charge is 0.251 e. The second-order valence-electron chi connectivity index (χ2n) is 4.11. The van der Waals surface area contributed by atoms with Crippen molar-refractivity contribution in [2.45, 2.75) is 6.61 Å². The number of amides is 1. The molecule has 0 aliphatic carbocycles. The lowest BCUT2D eigenvalue weighted by atomic mass is 10.2. The Kier molecular flexibility index (Phi) is 5.08. The van der Waals surface area contributed by atoms with Gasteiger partial charge in [-0.2, -0.15) is 0 Å². The van der Waals surface area contributed by atoms with Crippen LogP contribution in [0.15, 0.2) is 48.7 Å². The fourth-order valence-electron chi connectivity index (χ4n) is 1.64. The quantitative estimate of drug-likeness (QED) is 0.876. The molecule has 1 aromatic carbocycles. The molecule has 0 atom stereocenters. The zero-order chi connectivity index (χ0) is 14.2. The first kappa shape index (κ1) is 14.0. The van der Waals surface area contributed by atoms with Crippen molar-refractivity contribution in [2.75, 3.05) is 19.0 Å². The SMILES string of the molecule is COc1cccc(COCC(=O)Nc2ccccn2)c1. The van der Waals surface area contributed by atoms with Crippen molar-refractivity contribution in [1.82, 2.24) is 4.98 Å². The molecule has 0 radical (unpaired) electrons. The van der Waals surface area contributed by atoms with E-state index >= 15 is 0 Å². The van der Waals surface area contributed by atoms with E-state index in [0.29, 0.717) is 12.4 Å². The van der Waals surface area contributed by atoms with E-state index in [9.17, 15) is 4.79 Å². The monoisotopic (exact) mass is 272 g/mol. The van der Waals surface area contributed by atoms with E-state index in [1.165, 1.54) is 0 Å². The highest BCUT2D eigenvalue weighted by Crippen LogP contribution is 2.13. The van der Waals surface area contributed by atoms with Gasteiger partial charge in [-0.3, -0.25) is 4.79 Å². The average molecular weight is 272 g/mol. The zero-order valence-corrected chi connectivity index (χ0v) is 11.2. The van der Waals surface area contributed by atoms with Crippen molar-refractivity contribution in [2.24, 2.45) is 0 Å². The lowest BCUT2D eigenvalue weighted by molar-refractivity contribution is -0.121. The molecule has 5 nitrogen and oxygen atoms in total. The summed E-state index contributed by atoms with van der Waals surface area (Å²) < 4.78 is 10.5. The van der Waals surface area contributed by atoms with Gasteiger partial charge in [-0.25, -0.2) is 4.98 Å². The molecule has 0 spiro atoms. The molecule has 104 valence electrons. The summed E-state index contributed by atoms with van der Waals surface area (Å²) in [5, 5.41) is 2.65. The number of rotatable bonds is 6. The number of hydrogen-bond acceptors (Lipinski definition) is 4. The number of nitrogens with zero attached hydrogens (tertiary/aromatic N) is 1. The molecule has 1 N–H and O–H groups in total. The molecule has 1 aromatic heterocycles. The number of carbonyl (C=O) groups is 1. The van der Waals surface area contributed by atoms with Gasteiger partial charge in [-0.05, 0) is 29.8 Å². The average Bonchev–Trinajstić information content (AvgIpc) is 2.48. The third-order valence-corrected chi connectivity index (χ3v) is 2.57. The Morgan fingerprint density at radius 1 is 1.25 bits per heavy atom. The summed E-state index contributed by atoms with van der Waals surface area (Å²) in [7, 11) is 1.61. The first-order valence-electron chi connectivity index (χ1n) is 6.19. The maximum Gasteiger partial charge on any atom is 0.251 e. The number of aromatic nitrogens is 1. The van der Waals surface area contributed by atoms with E-state index in [1.807, 2.05) is 24.3 Å². The van der Waals surface area contributed by atoms with Gasteiger partial charge >= 0.3 is 0 Å². The summed E-state index contributed by atoms with van der Waals surface area (Å²) in [4.78, 5) is 15.6. The number of hydrogen-bond donors (Lipinski definition) is 1. The van der Waals surface area contributed by atoms with Crippen LogP contribution in [-0.4, -0.2) is 24.6 Å². The van der Waals surface area contributed by atoms with Gasteiger partial charge in [0, 0.05) is 6.20 Å². The number of ether oxygens (including phenoxy) is 2. The highest BCUT2D eigenvalue weighted by Gasteiger charge is 2.03. The van der Waals surface area contributed by atoms with Crippen LogP contribution in [0.2, 0.25) is 0 Å². The Morgan fingerprint density at radius 3 is 2.90 bits per heavy atom. The minimum Gasteiger partial charge on any atom is -0.497 e. The molecular formula is C15H16N2O3. The maximum absolute atomic E-state index is 11.6. The Bertz CT molecular complexity index is 558. The predicted molar refractivity (Wildman–Crippen MR) is 75.5 cm³/mol. The number of carbonyl (C=O) groups excluding carboxylic acids is 1. The Morgan fingerprint density at radius 2 is 2.15 bits per heavy atom. The minimum atomic E-state index is -0.230. The third-order valence-electron chi connectivity index (χ3n) is 2.57. The molecule has 2 rings (SSSR count). The minimum absolute atomic E-state index is 0.0201. The molecule has 2 aromatic rings. The Balaban J connectivity index is 1.76. The normalized spacial score (nSPS) is 10.1. The van der Waals surface area contributed by atoms with Crippen LogP contribution in [0.3, 0.4) is 0 Å². The number of anilines is 1. The van der Waals surface area contributed by atoms with Crippen LogP contribution < -0.4 is 10.1 Å². The van der Waals surface area contributed by atoms with E-state index in [4.69, 9.17) is 9.47 Å². The molecule has 0 fully saturated rings. The molecule has 0 aliphatic rings. The summed E-state index contributed by atoms with van der Waals surface area (Å²) >= 11 is 0. The molecule has 0 aliphatic heterocycles. The van der Waals surface area contributed by atoms with Crippen molar-refractivity contribution in [1.29, 1.82) is 0 Å². The molecule has 5 heteroatoms. The standard InChI is InChI=1S/C15H16N2O3/c1-19-13-6-4-5-12(9-13)10-20-11-15(18)17-14-7-2-3-8-16-14/h2-9H,10-11H2,1H3,(H,16,17,18). The largest absolute Gasteiger partial charge is 0.497 e.